The highest BCUT2D eigenvalue weighted by atomic mass is 19.4. The summed E-state index contributed by atoms with van der Waals surface area (Å²) in [6.07, 6.45) is -4.71. The van der Waals surface area contributed by atoms with Crippen molar-refractivity contribution in [1.29, 1.82) is 5.26 Å². The van der Waals surface area contributed by atoms with Crippen molar-refractivity contribution >= 4 is 23.3 Å². The number of nitrogens with two attached hydrogens (primary N) is 1. The number of nitriles is 1. The lowest BCUT2D eigenvalue weighted by Gasteiger charge is -2.41. The molecule has 9 nitrogen and oxygen atoms in total. The maximum absolute atomic E-state index is 13.3. The standard InChI is InChI=1S/C22H20F3N5O4/c23-22(24,25)16-10-15(3-1-13(16)11-26)29-5-6-30(17(12-29)20(27)31)21(32)28-14-2-4-18-19(9-14)34-8-7-33-18/h1-4,9-10,17H,5-8,12H2,(H2,27,31)(H,28,32). The first-order valence-corrected chi connectivity index (χ1v) is 10.3. The number of fused-ring (bicyclic) bond motifs is 1. The maximum Gasteiger partial charge on any atom is 0.417 e. The summed E-state index contributed by atoms with van der Waals surface area (Å²) in [5.41, 5.74) is 4.54. The minimum Gasteiger partial charge on any atom is -0.486 e. The van der Waals surface area contributed by atoms with Crippen molar-refractivity contribution in [2.24, 2.45) is 5.73 Å². The summed E-state index contributed by atoms with van der Waals surface area (Å²) >= 11 is 0. The van der Waals surface area contributed by atoms with Gasteiger partial charge in [0.15, 0.2) is 11.5 Å². The zero-order valence-corrected chi connectivity index (χ0v) is 17.8. The number of nitrogens with zero attached hydrogens (tertiary/aromatic N) is 3. The van der Waals surface area contributed by atoms with Crippen LogP contribution in [0.1, 0.15) is 11.1 Å². The van der Waals surface area contributed by atoms with E-state index in [4.69, 9.17) is 20.5 Å². The van der Waals surface area contributed by atoms with Crippen molar-refractivity contribution in [2.75, 3.05) is 43.1 Å². The minimum absolute atomic E-state index is 0.0331. The largest absolute Gasteiger partial charge is 0.486 e. The smallest absolute Gasteiger partial charge is 0.417 e. The second-order valence-electron chi connectivity index (χ2n) is 7.69. The predicted molar refractivity (Wildman–Crippen MR) is 115 cm³/mol. The van der Waals surface area contributed by atoms with Crippen LogP contribution < -0.4 is 25.4 Å². The number of hydrogen-bond acceptors (Lipinski definition) is 6. The number of nitrogens with one attached hydrogen (secondary N) is 1. The molecule has 34 heavy (non-hydrogen) atoms. The lowest BCUT2D eigenvalue weighted by Crippen LogP contribution is -2.60. The highest BCUT2D eigenvalue weighted by Crippen LogP contribution is 2.35. The molecule has 1 fully saturated rings. The number of benzene rings is 2. The number of hydrogen-bond donors (Lipinski definition) is 2. The third kappa shape index (κ3) is 4.63. The van der Waals surface area contributed by atoms with Gasteiger partial charge >= 0.3 is 12.2 Å². The highest BCUT2D eigenvalue weighted by molar-refractivity contribution is 5.94. The van der Waals surface area contributed by atoms with Crippen LogP contribution in [0.5, 0.6) is 11.5 Å². The van der Waals surface area contributed by atoms with E-state index in [1.54, 1.807) is 18.2 Å². The Morgan fingerprint density at radius 2 is 1.82 bits per heavy atom. The van der Waals surface area contributed by atoms with Crippen molar-refractivity contribution in [2.45, 2.75) is 12.2 Å². The Labute approximate surface area is 192 Å². The Balaban J connectivity index is 1.51. The summed E-state index contributed by atoms with van der Waals surface area (Å²) in [4.78, 5) is 27.8. The van der Waals surface area contributed by atoms with Gasteiger partial charge in [-0.3, -0.25) is 4.79 Å². The molecular formula is C22H20F3N5O4. The van der Waals surface area contributed by atoms with Crippen molar-refractivity contribution in [1.82, 2.24) is 4.90 Å². The fraction of sp³-hybridized carbons (Fsp3) is 0.318. The van der Waals surface area contributed by atoms with Gasteiger partial charge in [-0.15, -0.1) is 0 Å². The molecule has 0 saturated carbocycles. The predicted octanol–water partition coefficient (Wildman–Crippen LogP) is 2.56. The number of carbonyl (C=O) groups excluding carboxylic acids is 2. The number of halogens is 3. The molecule has 0 spiro atoms. The Bertz CT molecular complexity index is 1160. The van der Waals surface area contributed by atoms with E-state index < -0.39 is 35.3 Å². The third-order valence-corrected chi connectivity index (χ3v) is 5.56. The van der Waals surface area contributed by atoms with Crippen LogP contribution in [0.2, 0.25) is 0 Å². The van der Waals surface area contributed by atoms with Gasteiger partial charge < -0.3 is 30.3 Å². The van der Waals surface area contributed by atoms with Crippen LogP contribution >= 0.6 is 0 Å². The van der Waals surface area contributed by atoms with Crippen molar-refractivity contribution in [3.05, 3.63) is 47.5 Å². The average Bonchev–Trinajstić information content (AvgIpc) is 2.82. The summed E-state index contributed by atoms with van der Waals surface area (Å²) in [5, 5.41) is 11.7. The number of ether oxygens (including phenoxy) is 2. The van der Waals surface area contributed by atoms with Gasteiger partial charge in [0.2, 0.25) is 5.91 Å². The van der Waals surface area contributed by atoms with E-state index in [2.05, 4.69) is 5.32 Å². The molecule has 4 rings (SSSR count). The number of alkyl halides is 3. The van der Waals surface area contributed by atoms with E-state index in [1.165, 1.54) is 21.9 Å². The molecule has 3 N–H and O–H groups in total. The summed E-state index contributed by atoms with van der Waals surface area (Å²) < 4.78 is 51.0. The number of primary amides is 1. The van der Waals surface area contributed by atoms with Gasteiger partial charge in [0.25, 0.3) is 0 Å². The molecule has 2 aliphatic rings. The van der Waals surface area contributed by atoms with Crippen LogP contribution in [0, 0.1) is 11.3 Å². The van der Waals surface area contributed by atoms with Crippen LogP contribution in [0.15, 0.2) is 36.4 Å². The number of rotatable bonds is 3. The van der Waals surface area contributed by atoms with Crippen molar-refractivity contribution in [3.63, 3.8) is 0 Å². The molecule has 1 saturated heterocycles. The zero-order valence-electron chi connectivity index (χ0n) is 17.8. The molecule has 0 bridgehead atoms. The van der Waals surface area contributed by atoms with Gasteiger partial charge in [0.05, 0.1) is 17.2 Å². The normalized spacial score (nSPS) is 17.6. The molecule has 1 unspecified atom stereocenters. The lowest BCUT2D eigenvalue weighted by molar-refractivity contribution is -0.137. The molecule has 0 radical (unpaired) electrons. The zero-order chi connectivity index (χ0) is 24.5. The van der Waals surface area contributed by atoms with E-state index in [-0.39, 0.29) is 25.3 Å². The number of anilines is 2. The number of urea groups is 1. The first-order valence-electron chi connectivity index (χ1n) is 10.3. The van der Waals surface area contributed by atoms with E-state index in [0.717, 1.165) is 12.1 Å². The summed E-state index contributed by atoms with van der Waals surface area (Å²) in [5.74, 6) is 0.224. The molecule has 2 heterocycles. The highest BCUT2D eigenvalue weighted by Gasteiger charge is 2.37. The Hall–Kier alpha value is -4.14. The van der Waals surface area contributed by atoms with E-state index in [1.807, 2.05) is 0 Å². The monoisotopic (exact) mass is 475 g/mol. The second kappa shape index (κ2) is 9.01. The Kier molecular flexibility index (Phi) is 6.10. The average molecular weight is 475 g/mol. The van der Waals surface area contributed by atoms with Crippen LogP contribution in [-0.4, -0.2) is 55.7 Å². The quantitative estimate of drug-likeness (QED) is 0.704. The van der Waals surface area contributed by atoms with E-state index in [0.29, 0.717) is 30.4 Å². The summed E-state index contributed by atoms with van der Waals surface area (Å²) in [7, 11) is 0. The number of carbonyl (C=O) groups is 2. The fourth-order valence-electron chi connectivity index (χ4n) is 3.88. The van der Waals surface area contributed by atoms with Crippen LogP contribution in [0.4, 0.5) is 29.3 Å². The molecule has 0 aromatic heterocycles. The molecule has 0 aliphatic carbocycles. The first kappa shape index (κ1) is 23.0. The number of amides is 3. The van der Waals surface area contributed by atoms with E-state index >= 15 is 0 Å². The SMILES string of the molecule is N#Cc1ccc(N2CCN(C(=O)Nc3ccc4c(c3)OCCO4)C(C(N)=O)C2)cc1C(F)(F)F. The van der Waals surface area contributed by atoms with Crippen molar-refractivity contribution < 1.29 is 32.2 Å². The Morgan fingerprint density at radius 3 is 2.50 bits per heavy atom. The van der Waals surface area contributed by atoms with Gasteiger partial charge in [-0.1, -0.05) is 0 Å². The third-order valence-electron chi connectivity index (χ3n) is 5.56. The molecule has 1 atom stereocenters. The Morgan fingerprint density at radius 1 is 1.09 bits per heavy atom. The first-order chi connectivity index (χ1) is 16.2. The summed E-state index contributed by atoms with van der Waals surface area (Å²) in [6.45, 7) is 0.883. The van der Waals surface area contributed by atoms with Gasteiger partial charge in [0.1, 0.15) is 19.3 Å². The molecular weight excluding hydrogens is 455 g/mol. The lowest BCUT2D eigenvalue weighted by atomic mass is 10.0. The van der Waals surface area contributed by atoms with Gasteiger partial charge in [-0.2, -0.15) is 18.4 Å². The van der Waals surface area contributed by atoms with Gasteiger partial charge in [0, 0.05) is 37.1 Å². The topological polar surface area (TPSA) is 121 Å². The van der Waals surface area contributed by atoms with E-state index in [9.17, 15) is 22.8 Å². The van der Waals surface area contributed by atoms with Crippen LogP contribution in [-0.2, 0) is 11.0 Å². The summed E-state index contributed by atoms with van der Waals surface area (Å²) in [6, 6.07) is 8.04. The fourth-order valence-corrected chi connectivity index (χ4v) is 3.88. The molecule has 2 aromatic carbocycles. The van der Waals surface area contributed by atoms with Crippen molar-refractivity contribution in [3.8, 4) is 17.6 Å². The van der Waals surface area contributed by atoms with Gasteiger partial charge in [-0.05, 0) is 30.3 Å². The molecule has 2 aliphatic heterocycles. The van der Waals surface area contributed by atoms with Gasteiger partial charge in [-0.25, -0.2) is 4.79 Å². The van der Waals surface area contributed by atoms with Crippen LogP contribution in [0.25, 0.3) is 0 Å². The minimum atomic E-state index is -4.71. The maximum atomic E-state index is 13.3. The number of piperazine rings is 1. The molecule has 178 valence electrons. The molecule has 3 amide bonds. The second-order valence-corrected chi connectivity index (χ2v) is 7.69. The van der Waals surface area contributed by atoms with Crippen LogP contribution in [0.3, 0.4) is 0 Å². The molecule has 2 aromatic rings. The molecule has 12 heteroatoms.